The molecule has 1 aliphatic rings. The Morgan fingerprint density at radius 1 is 1.38 bits per heavy atom. The van der Waals surface area contributed by atoms with Gasteiger partial charge in [0.1, 0.15) is 0 Å². The average molecular weight is 331 g/mol. The van der Waals surface area contributed by atoms with Crippen molar-refractivity contribution in [3.63, 3.8) is 0 Å². The molecule has 0 aliphatic carbocycles. The Morgan fingerprint density at radius 2 is 2.05 bits per heavy atom. The first-order chi connectivity index (χ1) is 9.99. The van der Waals surface area contributed by atoms with Crippen molar-refractivity contribution in [2.75, 3.05) is 13.2 Å². The minimum absolute atomic E-state index is 0.152. The Labute approximate surface area is 134 Å². The van der Waals surface area contributed by atoms with E-state index in [1.54, 1.807) is 12.1 Å². The summed E-state index contributed by atoms with van der Waals surface area (Å²) in [6.45, 7) is 3.22. The van der Waals surface area contributed by atoms with E-state index in [9.17, 15) is 4.79 Å². The minimum Gasteiger partial charge on any atom is -0.381 e. The van der Waals surface area contributed by atoms with Gasteiger partial charge in [-0.15, -0.1) is 0 Å². The van der Waals surface area contributed by atoms with Crippen molar-refractivity contribution in [2.24, 2.45) is 11.7 Å². The summed E-state index contributed by atoms with van der Waals surface area (Å²) in [6.07, 6.45) is 1.65. The summed E-state index contributed by atoms with van der Waals surface area (Å²) in [5.74, 6) is 0.0204. The molecule has 1 heterocycles. The highest BCUT2D eigenvalue weighted by Crippen LogP contribution is 2.26. The van der Waals surface area contributed by atoms with E-state index in [1.165, 1.54) is 0 Å². The molecule has 1 fully saturated rings. The topological polar surface area (TPSA) is 64.4 Å². The number of amides is 1. The van der Waals surface area contributed by atoms with E-state index < -0.39 is 6.04 Å². The number of carbonyl (C=O) groups is 1. The third-order valence-electron chi connectivity index (χ3n) is 3.86. The molecule has 1 saturated heterocycles. The van der Waals surface area contributed by atoms with E-state index in [0.29, 0.717) is 23.3 Å². The molecule has 1 aromatic rings. The zero-order chi connectivity index (χ0) is 15.4. The molecule has 1 aliphatic heterocycles. The lowest BCUT2D eigenvalue weighted by atomic mass is 9.91. The van der Waals surface area contributed by atoms with Crippen LogP contribution in [0.3, 0.4) is 0 Å². The second kappa shape index (κ2) is 7.45. The molecule has 0 spiro atoms. The first-order valence-electron chi connectivity index (χ1n) is 7.07. The van der Waals surface area contributed by atoms with Crippen LogP contribution in [-0.4, -0.2) is 25.2 Å². The maximum atomic E-state index is 12.3. The van der Waals surface area contributed by atoms with Crippen LogP contribution in [0.1, 0.15) is 31.4 Å². The van der Waals surface area contributed by atoms with Crippen LogP contribution in [0, 0.1) is 5.92 Å². The minimum atomic E-state index is -0.512. The Balaban J connectivity index is 1.97. The number of nitrogens with one attached hydrogen (secondary N) is 1. The number of ether oxygens (including phenoxy) is 1. The molecule has 0 saturated carbocycles. The Bertz CT molecular complexity index is 504. The molecule has 6 heteroatoms. The van der Waals surface area contributed by atoms with Gasteiger partial charge >= 0.3 is 0 Å². The molecule has 2 unspecified atom stereocenters. The number of halogens is 2. The van der Waals surface area contributed by atoms with E-state index in [4.69, 9.17) is 33.7 Å². The zero-order valence-corrected chi connectivity index (χ0v) is 13.5. The maximum Gasteiger partial charge on any atom is 0.237 e. The van der Waals surface area contributed by atoms with Crippen LogP contribution < -0.4 is 11.1 Å². The van der Waals surface area contributed by atoms with Gasteiger partial charge in [0.05, 0.1) is 12.1 Å². The number of nitrogens with two attached hydrogens (primary N) is 1. The number of hydrogen-bond donors (Lipinski definition) is 2. The summed E-state index contributed by atoms with van der Waals surface area (Å²) in [5.41, 5.74) is 6.89. The summed E-state index contributed by atoms with van der Waals surface area (Å²) in [7, 11) is 0. The molecule has 2 rings (SSSR count). The van der Waals surface area contributed by atoms with Crippen molar-refractivity contribution in [1.29, 1.82) is 0 Å². The highest BCUT2D eigenvalue weighted by Gasteiger charge is 2.27. The van der Waals surface area contributed by atoms with Gasteiger partial charge in [-0.25, -0.2) is 0 Å². The third-order valence-corrected chi connectivity index (χ3v) is 4.43. The largest absolute Gasteiger partial charge is 0.381 e. The highest BCUT2D eigenvalue weighted by atomic mass is 35.5. The Morgan fingerprint density at radius 3 is 2.67 bits per heavy atom. The molecule has 116 valence electrons. The molecule has 21 heavy (non-hydrogen) atoms. The quantitative estimate of drug-likeness (QED) is 0.892. The predicted octanol–water partition coefficient (Wildman–Crippen LogP) is 2.92. The summed E-state index contributed by atoms with van der Waals surface area (Å²) in [4.78, 5) is 12.3. The zero-order valence-electron chi connectivity index (χ0n) is 11.9. The van der Waals surface area contributed by atoms with Crippen LogP contribution in [0.25, 0.3) is 0 Å². The maximum absolute atomic E-state index is 12.3. The second-order valence-electron chi connectivity index (χ2n) is 5.37. The summed E-state index contributed by atoms with van der Waals surface area (Å²) < 4.78 is 5.29. The predicted molar refractivity (Wildman–Crippen MR) is 84.5 cm³/mol. The van der Waals surface area contributed by atoms with Gasteiger partial charge in [0.2, 0.25) is 5.91 Å². The van der Waals surface area contributed by atoms with Gasteiger partial charge in [0, 0.05) is 23.3 Å². The average Bonchev–Trinajstić information content (AvgIpc) is 2.47. The summed E-state index contributed by atoms with van der Waals surface area (Å²) in [5, 5.41) is 4.03. The van der Waals surface area contributed by atoms with Crippen molar-refractivity contribution < 1.29 is 9.53 Å². The number of hydrogen-bond acceptors (Lipinski definition) is 3. The fraction of sp³-hybridized carbons (Fsp3) is 0.533. The monoisotopic (exact) mass is 330 g/mol. The smallest absolute Gasteiger partial charge is 0.237 e. The van der Waals surface area contributed by atoms with Crippen LogP contribution in [-0.2, 0) is 9.53 Å². The van der Waals surface area contributed by atoms with Crippen LogP contribution in [0.5, 0.6) is 0 Å². The standard InChI is InChI=1S/C15H20Cl2N2O2/c1-9(12-3-2-11(16)8-13(12)17)19-15(20)14(18)10-4-6-21-7-5-10/h2-3,8-10,14H,4-7,18H2,1H3,(H,19,20). The third kappa shape index (κ3) is 4.33. The molecular weight excluding hydrogens is 311 g/mol. The first kappa shape index (κ1) is 16.6. The van der Waals surface area contributed by atoms with E-state index >= 15 is 0 Å². The number of carbonyl (C=O) groups excluding carboxylic acids is 1. The van der Waals surface area contributed by atoms with Crippen molar-refractivity contribution in [3.05, 3.63) is 33.8 Å². The molecular formula is C15H20Cl2N2O2. The van der Waals surface area contributed by atoms with Crippen LogP contribution in [0.15, 0.2) is 18.2 Å². The van der Waals surface area contributed by atoms with Gasteiger partial charge < -0.3 is 15.8 Å². The Kier molecular flexibility index (Phi) is 5.88. The van der Waals surface area contributed by atoms with Crippen molar-refractivity contribution in [2.45, 2.75) is 31.8 Å². The number of rotatable bonds is 4. The first-order valence-corrected chi connectivity index (χ1v) is 7.83. The highest BCUT2D eigenvalue weighted by molar-refractivity contribution is 6.35. The molecule has 0 bridgehead atoms. The Hall–Kier alpha value is -0.810. The number of benzene rings is 1. The fourth-order valence-corrected chi connectivity index (χ4v) is 3.10. The van der Waals surface area contributed by atoms with Gasteiger partial charge in [-0.2, -0.15) is 0 Å². The van der Waals surface area contributed by atoms with E-state index in [0.717, 1.165) is 18.4 Å². The fourth-order valence-electron chi connectivity index (χ4n) is 2.53. The molecule has 3 N–H and O–H groups in total. The molecule has 4 nitrogen and oxygen atoms in total. The van der Waals surface area contributed by atoms with Gasteiger partial charge in [0.15, 0.2) is 0 Å². The van der Waals surface area contributed by atoms with E-state index in [1.807, 2.05) is 13.0 Å². The van der Waals surface area contributed by atoms with E-state index in [2.05, 4.69) is 5.32 Å². The van der Waals surface area contributed by atoms with Gasteiger partial charge in [-0.1, -0.05) is 29.3 Å². The van der Waals surface area contributed by atoms with Gasteiger partial charge in [-0.05, 0) is 43.4 Å². The normalized spacial score (nSPS) is 19.0. The van der Waals surface area contributed by atoms with Crippen molar-refractivity contribution >= 4 is 29.1 Å². The molecule has 1 amide bonds. The van der Waals surface area contributed by atoms with Gasteiger partial charge in [-0.3, -0.25) is 4.79 Å². The van der Waals surface area contributed by atoms with Crippen LogP contribution in [0.2, 0.25) is 10.0 Å². The lowest BCUT2D eigenvalue weighted by Crippen LogP contribution is -2.47. The van der Waals surface area contributed by atoms with Crippen LogP contribution in [0.4, 0.5) is 0 Å². The van der Waals surface area contributed by atoms with Crippen LogP contribution >= 0.6 is 23.2 Å². The SMILES string of the molecule is CC(NC(=O)C(N)C1CCOCC1)c1ccc(Cl)cc1Cl. The molecule has 0 aromatic heterocycles. The lowest BCUT2D eigenvalue weighted by Gasteiger charge is -2.28. The lowest BCUT2D eigenvalue weighted by molar-refractivity contribution is -0.125. The summed E-state index contributed by atoms with van der Waals surface area (Å²) in [6, 6.07) is 4.51. The molecule has 2 atom stereocenters. The second-order valence-corrected chi connectivity index (χ2v) is 6.22. The van der Waals surface area contributed by atoms with E-state index in [-0.39, 0.29) is 17.9 Å². The van der Waals surface area contributed by atoms with Crippen molar-refractivity contribution in [3.8, 4) is 0 Å². The molecule has 0 radical (unpaired) electrons. The molecule has 1 aromatic carbocycles. The van der Waals surface area contributed by atoms with Gasteiger partial charge in [0.25, 0.3) is 0 Å². The van der Waals surface area contributed by atoms with Crippen molar-refractivity contribution in [1.82, 2.24) is 5.32 Å². The summed E-state index contributed by atoms with van der Waals surface area (Å²) >= 11 is 12.0.